The van der Waals surface area contributed by atoms with Crippen LogP contribution in [-0.4, -0.2) is 67.0 Å². The number of hydrogen-bond donors (Lipinski definition) is 1. The number of rotatable bonds is 4. The molecule has 3 heterocycles. The number of aromatic nitrogens is 2. The highest BCUT2D eigenvalue weighted by Gasteiger charge is 2.29. The van der Waals surface area contributed by atoms with E-state index in [9.17, 15) is 0 Å². The van der Waals surface area contributed by atoms with E-state index < -0.39 is 8.38 Å². The van der Waals surface area contributed by atoms with E-state index >= 15 is 0 Å². The van der Waals surface area contributed by atoms with Crippen molar-refractivity contribution in [2.45, 2.75) is 20.8 Å². The number of anilines is 2. The second-order valence-electron chi connectivity index (χ2n) is 7.29. The van der Waals surface area contributed by atoms with Crippen molar-refractivity contribution in [3.05, 3.63) is 11.9 Å². The molecule has 1 aromatic rings. The smallest absolute Gasteiger partial charge is 0.171 e. The van der Waals surface area contributed by atoms with Crippen LogP contribution in [0.3, 0.4) is 0 Å². The summed E-state index contributed by atoms with van der Waals surface area (Å²) >= 11 is 0. The maximum absolute atomic E-state index is 5.88. The number of nitrogens with two attached hydrogens (primary N) is 1. The molecule has 0 saturated carbocycles. The highest BCUT2D eigenvalue weighted by molar-refractivity contribution is 7.47. The molecule has 2 saturated heterocycles. The van der Waals surface area contributed by atoms with Crippen LogP contribution in [0, 0.1) is 12.3 Å². The fourth-order valence-electron chi connectivity index (χ4n) is 2.86. The number of aryl methyl sites for hydroxylation is 1. The Morgan fingerprint density at radius 2 is 1.83 bits per heavy atom. The lowest BCUT2D eigenvalue weighted by Gasteiger charge is -2.37. The van der Waals surface area contributed by atoms with E-state index in [1.807, 2.05) is 13.0 Å². The van der Waals surface area contributed by atoms with Gasteiger partial charge in [-0.15, -0.1) is 0 Å². The molecular formula is C16H28N5O2P. The molecule has 0 amide bonds. The van der Waals surface area contributed by atoms with Crippen molar-refractivity contribution >= 4 is 20.0 Å². The summed E-state index contributed by atoms with van der Waals surface area (Å²) in [6.45, 7) is 12.9. The highest BCUT2D eigenvalue weighted by Crippen LogP contribution is 2.45. The summed E-state index contributed by atoms with van der Waals surface area (Å²) in [5, 5.41) is 0. The van der Waals surface area contributed by atoms with E-state index in [4.69, 9.17) is 14.8 Å². The first-order chi connectivity index (χ1) is 11.4. The van der Waals surface area contributed by atoms with E-state index in [-0.39, 0.29) is 5.41 Å². The molecule has 134 valence electrons. The highest BCUT2D eigenvalue weighted by atomic mass is 31.2. The molecule has 24 heavy (non-hydrogen) atoms. The number of hydrogen-bond acceptors (Lipinski definition) is 7. The summed E-state index contributed by atoms with van der Waals surface area (Å²) < 4.78 is 11.8. The molecule has 2 N–H and O–H groups in total. The second-order valence-corrected chi connectivity index (χ2v) is 8.92. The van der Waals surface area contributed by atoms with Crippen molar-refractivity contribution < 1.29 is 9.05 Å². The molecular weight excluding hydrogens is 325 g/mol. The quantitative estimate of drug-likeness (QED) is 0.828. The van der Waals surface area contributed by atoms with Crippen molar-refractivity contribution in [2.75, 3.05) is 62.7 Å². The van der Waals surface area contributed by atoms with Crippen LogP contribution in [0.25, 0.3) is 0 Å². The molecule has 2 aliphatic heterocycles. The summed E-state index contributed by atoms with van der Waals surface area (Å²) in [4.78, 5) is 13.4. The number of nitrogen functional groups attached to an aromatic ring is 1. The number of nitrogens with zero attached hydrogens (tertiary/aromatic N) is 4. The summed E-state index contributed by atoms with van der Waals surface area (Å²) in [7, 11) is -0.711. The largest absolute Gasteiger partial charge is 0.384 e. The van der Waals surface area contributed by atoms with Gasteiger partial charge >= 0.3 is 0 Å². The molecule has 0 bridgehead atoms. The third-order valence-electron chi connectivity index (χ3n) is 4.34. The monoisotopic (exact) mass is 353 g/mol. The normalized spacial score (nSPS) is 22.7. The lowest BCUT2D eigenvalue weighted by atomic mass is 9.97. The molecule has 8 heteroatoms. The van der Waals surface area contributed by atoms with Gasteiger partial charge in [-0.25, -0.2) is 9.97 Å². The minimum Gasteiger partial charge on any atom is -0.384 e. The van der Waals surface area contributed by atoms with Crippen LogP contribution in [0.4, 0.5) is 11.6 Å². The molecule has 3 rings (SSSR count). The van der Waals surface area contributed by atoms with Crippen molar-refractivity contribution in [3.63, 3.8) is 0 Å². The number of piperazine rings is 1. The first-order valence-electron chi connectivity index (χ1n) is 8.53. The Bertz CT molecular complexity index is 533. The van der Waals surface area contributed by atoms with Crippen LogP contribution in [0.5, 0.6) is 0 Å². The SMILES string of the molecule is Cc1nc(N)cc(N2CCN(CCP3OCC(C)(C)CO3)CC2)n1. The predicted molar refractivity (Wildman–Crippen MR) is 97.3 cm³/mol. The Morgan fingerprint density at radius 3 is 2.46 bits per heavy atom. The lowest BCUT2D eigenvalue weighted by molar-refractivity contribution is 0.0609. The second kappa shape index (κ2) is 7.48. The zero-order valence-electron chi connectivity index (χ0n) is 14.9. The third-order valence-corrected chi connectivity index (χ3v) is 5.74. The fourth-order valence-corrected chi connectivity index (χ4v) is 4.63. The maximum Gasteiger partial charge on any atom is 0.171 e. The van der Waals surface area contributed by atoms with Crippen LogP contribution >= 0.6 is 8.38 Å². The molecule has 7 nitrogen and oxygen atoms in total. The molecule has 0 radical (unpaired) electrons. The van der Waals surface area contributed by atoms with Crippen molar-refractivity contribution in [2.24, 2.45) is 5.41 Å². The van der Waals surface area contributed by atoms with Crippen molar-refractivity contribution in [3.8, 4) is 0 Å². The van der Waals surface area contributed by atoms with Gasteiger partial charge in [0.15, 0.2) is 8.38 Å². The van der Waals surface area contributed by atoms with Gasteiger partial charge < -0.3 is 19.7 Å². The van der Waals surface area contributed by atoms with Gasteiger partial charge in [0.2, 0.25) is 0 Å². The molecule has 0 atom stereocenters. The molecule has 2 aliphatic rings. The maximum atomic E-state index is 5.88. The zero-order valence-corrected chi connectivity index (χ0v) is 15.8. The Kier molecular flexibility index (Phi) is 5.55. The van der Waals surface area contributed by atoms with Gasteiger partial charge in [-0.2, -0.15) is 0 Å². The van der Waals surface area contributed by atoms with Gasteiger partial charge in [-0.3, -0.25) is 4.90 Å². The van der Waals surface area contributed by atoms with E-state index in [1.165, 1.54) is 0 Å². The van der Waals surface area contributed by atoms with Crippen LogP contribution < -0.4 is 10.6 Å². The summed E-state index contributed by atoms with van der Waals surface area (Å²) in [6.07, 6.45) is 0.991. The first kappa shape index (κ1) is 17.8. The Hall–Kier alpha value is -1.01. The van der Waals surface area contributed by atoms with Crippen molar-refractivity contribution in [1.29, 1.82) is 0 Å². The van der Waals surface area contributed by atoms with Gasteiger partial charge in [-0.1, -0.05) is 13.8 Å². The molecule has 0 aromatic carbocycles. The van der Waals surface area contributed by atoms with Crippen LogP contribution in [0.2, 0.25) is 0 Å². The van der Waals surface area contributed by atoms with Gasteiger partial charge in [0, 0.05) is 50.4 Å². The van der Waals surface area contributed by atoms with Crippen LogP contribution in [-0.2, 0) is 9.05 Å². The summed E-state index contributed by atoms with van der Waals surface area (Å²) in [6, 6.07) is 1.86. The summed E-state index contributed by atoms with van der Waals surface area (Å²) in [5.41, 5.74) is 5.98. The topological polar surface area (TPSA) is 76.7 Å². The molecule has 0 aliphatic carbocycles. The van der Waals surface area contributed by atoms with E-state index in [1.54, 1.807) is 0 Å². The Balaban J connectivity index is 1.42. The Labute approximate surface area is 145 Å². The molecule has 2 fully saturated rings. The average Bonchev–Trinajstić information content (AvgIpc) is 2.53. The third kappa shape index (κ3) is 4.76. The lowest BCUT2D eigenvalue weighted by Crippen LogP contribution is -2.47. The van der Waals surface area contributed by atoms with Gasteiger partial charge in [-0.05, 0) is 6.92 Å². The molecule has 1 aromatic heterocycles. The fraction of sp³-hybridized carbons (Fsp3) is 0.750. The average molecular weight is 353 g/mol. The molecule has 0 spiro atoms. The van der Waals surface area contributed by atoms with Gasteiger partial charge in [0.05, 0.1) is 13.2 Å². The van der Waals surface area contributed by atoms with E-state index in [0.717, 1.165) is 63.7 Å². The zero-order chi connectivity index (χ0) is 17.2. The molecule has 0 unspecified atom stereocenters. The van der Waals surface area contributed by atoms with Crippen molar-refractivity contribution in [1.82, 2.24) is 14.9 Å². The first-order valence-corrected chi connectivity index (χ1v) is 9.89. The van der Waals surface area contributed by atoms with E-state index in [0.29, 0.717) is 5.82 Å². The van der Waals surface area contributed by atoms with Gasteiger partial charge in [0.1, 0.15) is 17.5 Å². The standard InChI is InChI=1S/C16H28N5O2P/c1-13-18-14(17)10-15(19-13)21-6-4-20(5-7-21)8-9-24-22-11-16(2,3)12-23-24/h10H,4-9,11-12H2,1-3H3,(H2,17,18,19). The Morgan fingerprint density at radius 1 is 1.17 bits per heavy atom. The predicted octanol–water partition coefficient (Wildman–Crippen LogP) is 1.87. The minimum absolute atomic E-state index is 0.155. The van der Waals surface area contributed by atoms with Crippen LogP contribution in [0.1, 0.15) is 19.7 Å². The van der Waals surface area contributed by atoms with E-state index in [2.05, 4.69) is 33.6 Å². The van der Waals surface area contributed by atoms with Gasteiger partial charge in [0.25, 0.3) is 0 Å². The summed E-state index contributed by atoms with van der Waals surface area (Å²) in [5.74, 6) is 2.20. The minimum atomic E-state index is -0.711. The van der Waals surface area contributed by atoms with Crippen LogP contribution in [0.15, 0.2) is 6.07 Å².